The van der Waals surface area contributed by atoms with Gasteiger partial charge in [-0.2, -0.15) is 0 Å². The highest BCUT2D eigenvalue weighted by atomic mass is 79.9. The monoisotopic (exact) mass is 342 g/mol. The molecule has 104 valence electrons. The summed E-state index contributed by atoms with van der Waals surface area (Å²) < 4.78 is 10.1. The first kappa shape index (κ1) is 14.0. The largest absolute Gasteiger partial charge is 0.442 e. The number of nitrogens with zero attached hydrogens (tertiary/aromatic N) is 1. The number of nitro groups is 1. The summed E-state index contributed by atoms with van der Waals surface area (Å²) in [6.07, 6.45) is 0. The number of esters is 1. The van der Waals surface area contributed by atoms with Crippen molar-refractivity contribution in [2.75, 3.05) is 0 Å². The molecule has 1 N–H and O–H groups in total. The molecule has 0 amide bonds. The van der Waals surface area contributed by atoms with Crippen LogP contribution >= 0.6 is 15.9 Å². The van der Waals surface area contributed by atoms with Crippen LogP contribution in [0.25, 0.3) is 0 Å². The molecule has 0 radical (unpaired) electrons. The number of furan rings is 1. The van der Waals surface area contributed by atoms with Crippen LogP contribution in [0.5, 0.6) is 5.75 Å². The van der Waals surface area contributed by atoms with Crippen LogP contribution in [0.15, 0.2) is 32.1 Å². The molecular formula is C11H7BrN2O6. The minimum Gasteiger partial charge on any atom is -0.442 e. The van der Waals surface area contributed by atoms with E-state index in [2.05, 4.69) is 20.9 Å². The van der Waals surface area contributed by atoms with Crippen molar-refractivity contribution in [3.05, 3.63) is 54.8 Å². The minimum absolute atomic E-state index is 0.149. The van der Waals surface area contributed by atoms with Gasteiger partial charge in [-0.05, 0) is 35.0 Å². The molecule has 20 heavy (non-hydrogen) atoms. The third-order valence-corrected chi connectivity index (χ3v) is 2.69. The lowest BCUT2D eigenvalue weighted by Crippen LogP contribution is -2.17. The third kappa shape index (κ3) is 2.77. The summed E-state index contributed by atoms with van der Waals surface area (Å²) in [5, 5.41) is 10.8. The van der Waals surface area contributed by atoms with Gasteiger partial charge in [0.2, 0.25) is 11.5 Å². The molecule has 0 aliphatic heterocycles. The number of pyridine rings is 1. The van der Waals surface area contributed by atoms with Gasteiger partial charge in [0.25, 0.3) is 0 Å². The standard InChI is InChI=1S/C11H7BrN2O6/c1-5-4-7(9(14(17)18)10(15)13-5)20-11(16)6-2-3-8(12)19-6/h2-4H,1H3,(H,13,15). The topological polar surface area (TPSA) is 115 Å². The predicted molar refractivity (Wildman–Crippen MR) is 69.8 cm³/mol. The number of aromatic nitrogens is 1. The number of carbonyl (C=O) groups is 1. The summed E-state index contributed by atoms with van der Waals surface area (Å²) in [6.45, 7) is 1.51. The SMILES string of the molecule is Cc1cc(OC(=O)c2ccc(Br)o2)c([N+](=O)[O-])c(=O)[nH]1. The molecule has 2 aromatic rings. The highest BCUT2D eigenvalue weighted by Crippen LogP contribution is 2.24. The molecule has 0 unspecified atom stereocenters. The predicted octanol–water partition coefficient (Wildman–Crippen LogP) is 2.17. The van der Waals surface area contributed by atoms with E-state index in [1.54, 1.807) is 0 Å². The van der Waals surface area contributed by atoms with Crippen LogP contribution in [-0.4, -0.2) is 15.9 Å². The number of carbonyl (C=O) groups excluding carboxylic acids is 1. The van der Waals surface area contributed by atoms with Crippen molar-refractivity contribution in [3.8, 4) is 5.75 Å². The summed E-state index contributed by atoms with van der Waals surface area (Å²) in [6, 6.07) is 3.99. The molecule has 0 fully saturated rings. The first-order chi connectivity index (χ1) is 9.38. The van der Waals surface area contributed by atoms with E-state index < -0.39 is 27.9 Å². The molecule has 0 saturated heterocycles. The van der Waals surface area contributed by atoms with E-state index in [9.17, 15) is 19.7 Å². The minimum atomic E-state index is -0.946. The summed E-state index contributed by atoms with van der Waals surface area (Å²) in [5.41, 5.74) is -1.46. The molecule has 8 nitrogen and oxygen atoms in total. The number of hydrogen-bond acceptors (Lipinski definition) is 6. The van der Waals surface area contributed by atoms with Crippen molar-refractivity contribution < 1.29 is 18.9 Å². The number of rotatable bonds is 3. The lowest BCUT2D eigenvalue weighted by molar-refractivity contribution is -0.387. The van der Waals surface area contributed by atoms with Gasteiger partial charge in [-0.15, -0.1) is 0 Å². The molecule has 0 aliphatic rings. The van der Waals surface area contributed by atoms with Crippen molar-refractivity contribution in [3.63, 3.8) is 0 Å². The van der Waals surface area contributed by atoms with Gasteiger partial charge < -0.3 is 14.1 Å². The van der Waals surface area contributed by atoms with Gasteiger partial charge in [0.05, 0.1) is 4.92 Å². The zero-order chi connectivity index (χ0) is 14.9. The second kappa shape index (κ2) is 5.29. The molecule has 2 aromatic heterocycles. The van der Waals surface area contributed by atoms with E-state index in [1.165, 1.54) is 25.1 Å². The molecule has 0 spiro atoms. The highest BCUT2D eigenvalue weighted by Gasteiger charge is 2.25. The Labute approximate surface area is 119 Å². The van der Waals surface area contributed by atoms with Crippen LogP contribution in [0.2, 0.25) is 0 Å². The number of nitrogens with one attached hydrogen (secondary N) is 1. The number of H-pyrrole nitrogens is 1. The summed E-state index contributed by atoms with van der Waals surface area (Å²) in [5.74, 6) is -1.53. The Hall–Kier alpha value is -2.42. The first-order valence-electron chi connectivity index (χ1n) is 5.24. The van der Waals surface area contributed by atoms with E-state index in [-0.39, 0.29) is 5.76 Å². The molecule has 9 heteroatoms. The van der Waals surface area contributed by atoms with Crippen molar-refractivity contribution in [1.82, 2.24) is 4.98 Å². The van der Waals surface area contributed by atoms with Crippen molar-refractivity contribution in [2.24, 2.45) is 0 Å². The Morgan fingerprint density at radius 2 is 2.20 bits per heavy atom. The quantitative estimate of drug-likeness (QED) is 0.519. The van der Waals surface area contributed by atoms with Crippen LogP contribution in [0.3, 0.4) is 0 Å². The molecule has 0 bridgehead atoms. The molecule has 2 rings (SSSR count). The van der Waals surface area contributed by atoms with Crippen LogP contribution in [0.1, 0.15) is 16.2 Å². The first-order valence-corrected chi connectivity index (χ1v) is 6.03. The Bertz CT molecular complexity index is 748. The summed E-state index contributed by atoms with van der Waals surface area (Å²) in [7, 11) is 0. The lowest BCUT2D eigenvalue weighted by Gasteiger charge is -2.03. The van der Waals surface area contributed by atoms with Gasteiger partial charge >= 0.3 is 17.2 Å². The number of ether oxygens (including phenoxy) is 1. The smallest absolute Gasteiger partial charge is 0.379 e. The molecular weight excluding hydrogens is 336 g/mol. The van der Waals surface area contributed by atoms with Crippen molar-refractivity contribution in [2.45, 2.75) is 6.92 Å². The number of hydrogen-bond donors (Lipinski definition) is 1. The van der Waals surface area contributed by atoms with Crippen LogP contribution in [0, 0.1) is 17.0 Å². The van der Waals surface area contributed by atoms with Gasteiger partial charge in [0.15, 0.2) is 4.67 Å². The van der Waals surface area contributed by atoms with Gasteiger partial charge in [0, 0.05) is 11.8 Å². The van der Waals surface area contributed by atoms with E-state index in [0.29, 0.717) is 10.4 Å². The second-order valence-electron chi connectivity index (χ2n) is 3.74. The average Bonchev–Trinajstić information content (AvgIpc) is 2.74. The fourth-order valence-corrected chi connectivity index (χ4v) is 1.78. The fourth-order valence-electron chi connectivity index (χ4n) is 1.48. The van der Waals surface area contributed by atoms with Crippen molar-refractivity contribution in [1.29, 1.82) is 0 Å². The number of halogens is 1. The van der Waals surface area contributed by atoms with Gasteiger partial charge in [0.1, 0.15) is 0 Å². The Balaban J connectivity index is 2.41. The van der Waals surface area contributed by atoms with Crippen LogP contribution in [-0.2, 0) is 0 Å². The Morgan fingerprint density at radius 1 is 1.50 bits per heavy atom. The zero-order valence-electron chi connectivity index (χ0n) is 10.0. The van der Waals surface area contributed by atoms with E-state index >= 15 is 0 Å². The summed E-state index contributed by atoms with van der Waals surface area (Å²) >= 11 is 3.01. The fraction of sp³-hybridized carbons (Fsp3) is 0.0909. The summed E-state index contributed by atoms with van der Waals surface area (Å²) in [4.78, 5) is 35.4. The van der Waals surface area contributed by atoms with Crippen molar-refractivity contribution >= 4 is 27.6 Å². The van der Waals surface area contributed by atoms with Gasteiger partial charge in [-0.3, -0.25) is 14.9 Å². The maximum atomic E-state index is 11.8. The number of aryl methyl sites for hydroxylation is 1. The molecule has 0 aromatic carbocycles. The number of aromatic amines is 1. The Kier molecular flexibility index (Phi) is 3.70. The normalized spacial score (nSPS) is 10.3. The van der Waals surface area contributed by atoms with E-state index in [1.807, 2.05) is 0 Å². The average molecular weight is 343 g/mol. The Morgan fingerprint density at radius 3 is 2.75 bits per heavy atom. The zero-order valence-corrected chi connectivity index (χ0v) is 11.6. The van der Waals surface area contributed by atoms with Crippen LogP contribution in [0.4, 0.5) is 5.69 Å². The lowest BCUT2D eigenvalue weighted by atomic mass is 10.3. The van der Waals surface area contributed by atoms with Gasteiger partial charge in [-0.1, -0.05) is 0 Å². The molecule has 2 heterocycles. The van der Waals surface area contributed by atoms with E-state index in [0.717, 1.165) is 0 Å². The van der Waals surface area contributed by atoms with Gasteiger partial charge in [-0.25, -0.2) is 4.79 Å². The maximum Gasteiger partial charge on any atom is 0.379 e. The molecule has 0 aliphatic carbocycles. The van der Waals surface area contributed by atoms with Crippen LogP contribution < -0.4 is 10.3 Å². The highest BCUT2D eigenvalue weighted by molar-refractivity contribution is 9.10. The second-order valence-corrected chi connectivity index (χ2v) is 4.53. The van der Waals surface area contributed by atoms with E-state index in [4.69, 9.17) is 9.15 Å². The molecule has 0 atom stereocenters. The maximum absolute atomic E-state index is 11.8. The molecule has 0 saturated carbocycles. The third-order valence-electron chi connectivity index (χ3n) is 2.27.